The lowest BCUT2D eigenvalue weighted by molar-refractivity contribution is 0.633. The molecule has 55 heavy (non-hydrogen) atoms. The standard InChI is InChI=1S/C53H32N2/c1-2-16-34-33(15-1)28-29-48-51(34)39-31-38-37-19-5-8-22-42(37)53(47(38)32-49(39)55(48)50-27-13-14-30-54-50)45-25-11-9-23-43(45)52(44-24-10-12-26-46(44)53)40-20-6-3-17-35(40)36-18-4-7-21-41(36)52/h1-32H. The second kappa shape index (κ2) is 10.3. The Kier molecular flexibility index (Phi) is 5.53. The number of rotatable bonds is 1. The fraction of sp³-hybridized carbons (Fsp3) is 0.0377. The minimum atomic E-state index is -0.557. The largest absolute Gasteiger partial charge is 0.294 e. The molecular weight excluding hydrogens is 665 g/mol. The molecule has 3 aliphatic rings. The molecule has 2 nitrogen and oxygen atoms in total. The van der Waals surface area contributed by atoms with Gasteiger partial charge in [0.1, 0.15) is 5.82 Å². The summed E-state index contributed by atoms with van der Waals surface area (Å²) in [6.07, 6.45) is 1.91. The fourth-order valence-electron chi connectivity index (χ4n) is 11.2. The van der Waals surface area contributed by atoms with Crippen LogP contribution in [0.3, 0.4) is 0 Å². The molecule has 0 N–H and O–H groups in total. The Morgan fingerprint density at radius 1 is 0.345 bits per heavy atom. The van der Waals surface area contributed by atoms with E-state index in [1.54, 1.807) is 0 Å². The third-order valence-corrected chi connectivity index (χ3v) is 13.1. The van der Waals surface area contributed by atoms with Gasteiger partial charge in [-0.2, -0.15) is 0 Å². The number of hydrogen-bond acceptors (Lipinski definition) is 1. The molecule has 0 amide bonds. The summed E-state index contributed by atoms with van der Waals surface area (Å²) < 4.78 is 2.39. The van der Waals surface area contributed by atoms with Crippen LogP contribution >= 0.6 is 0 Å². The minimum Gasteiger partial charge on any atom is -0.294 e. The van der Waals surface area contributed by atoms with Crippen LogP contribution in [0.1, 0.15) is 44.5 Å². The molecule has 0 unspecified atom stereocenters. The van der Waals surface area contributed by atoms with E-state index in [2.05, 4.69) is 187 Å². The number of pyridine rings is 1. The van der Waals surface area contributed by atoms with Crippen LogP contribution in [0, 0.1) is 0 Å². The lowest BCUT2D eigenvalue weighted by Crippen LogP contribution is -2.43. The minimum absolute atomic E-state index is 0.463. The lowest BCUT2D eigenvalue weighted by Gasteiger charge is -2.48. The van der Waals surface area contributed by atoms with Crippen molar-refractivity contribution in [2.45, 2.75) is 10.8 Å². The first kappa shape index (κ1) is 29.4. The summed E-state index contributed by atoms with van der Waals surface area (Å²) in [5.41, 5.74) is 17.3. The van der Waals surface area contributed by atoms with Crippen molar-refractivity contribution in [3.8, 4) is 28.1 Å². The Labute approximate surface area is 318 Å². The number of aromatic nitrogens is 2. The Morgan fingerprint density at radius 3 is 1.42 bits per heavy atom. The van der Waals surface area contributed by atoms with Crippen LogP contribution < -0.4 is 0 Å². The van der Waals surface area contributed by atoms with Gasteiger partial charge in [0.15, 0.2) is 0 Å². The van der Waals surface area contributed by atoms with Crippen molar-refractivity contribution in [1.29, 1.82) is 0 Å². The molecule has 2 heteroatoms. The molecular formula is C53H32N2. The van der Waals surface area contributed by atoms with E-state index in [1.165, 1.54) is 99.3 Å². The average molecular weight is 697 g/mol. The molecule has 3 aliphatic carbocycles. The second-order valence-electron chi connectivity index (χ2n) is 15.3. The molecule has 2 aromatic heterocycles. The van der Waals surface area contributed by atoms with Crippen molar-refractivity contribution < 1.29 is 0 Å². The molecule has 0 fully saturated rings. The Balaban J connectivity index is 1.23. The summed E-state index contributed by atoms with van der Waals surface area (Å²) in [5.74, 6) is 0.921. The van der Waals surface area contributed by atoms with Gasteiger partial charge in [0.25, 0.3) is 0 Å². The predicted molar refractivity (Wildman–Crippen MR) is 224 cm³/mol. The maximum absolute atomic E-state index is 4.96. The van der Waals surface area contributed by atoms with Crippen LogP contribution in [0.15, 0.2) is 194 Å². The first-order chi connectivity index (χ1) is 27.3. The molecule has 0 aliphatic heterocycles. The summed E-state index contributed by atoms with van der Waals surface area (Å²) in [4.78, 5) is 4.96. The van der Waals surface area contributed by atoms with E-state index in [9.17, 15) is 0 Å². The maximum atomic E-state index is 4.96. The quantitative estimate of drug-likeness (QED) is 0.167. The topological polar surface area (TPSA) is 17.8 Å². The van der Waals surface area contributed by atoms with Crippen molar-refractivity contribution in [2.75, 3.05) is 0 Å². The smallest absolute Gasteiger partial charge is 0.137 e. The van der Waals surface area contributed by atoms with E-state index in [1.807, 2.05) is 12.3 Å². The van der Waals surface area contributed by atoms with E-state index in [4.69, 9.17) is 4.98 Å². The predicted octanol–water partition coefficient (Wildman–Crippen LogP) is 12.4. The zero-order valence-electron chi connectivity index (χ0n) is 29.9. The molecule has 10 aromatic rings. The summed E-state index contributed by atoms with van der Waals surface area (Å²) >= 11 is 0. The highest BCUT2D eigenvalue weighted by Crippen LogP contribution is 2.67. The van der Waals surface area contributed by atoms with Crippen LogP contribution in [-0.2, 0) is 10.8 Å². The zero-order chi connectivity index (χ0) is 35.9. The third-order valence-electron chi connectivity index (χ3n) is 13.1. The molecule has 8 aromatic carbocycles. The maximum Gasteiger partial charge on any atom is 0.137 e. The van der Waals surface area contributed by atoms with Crippen LogP contribution in [0.4, 0.5) is 0 Å². The average Bonchev–Trinajstić information content (AvgIpc) is 3.85. The van der Waals surface area contributed by atoms with Gasteiger partial charge in [-0.25, -0.2) is 4.98 Å². The molecule has 0 bridgehead atoms. The number of nitrogens with zero attached hydrogens (tertiary/aromatic N) is 2. The van der Waals surface area contributed by atoms with Gasteiger partial charge in [0.2, 0.25) is 0 Å². The van der Waals surface area contributed by atoms with Crippen molar-refractivity contribution in [2.24, 2.45) is 0 Å². The van der Waals surface area contributed by atoms with Gasteiger partial charge < -0.3 is 0 Å². The summed E-state index contributed by atoms with van der Waals surface area (Å²) in [6, 6.07) is 70.7. The monoisotopic (exact) mass is 696 g/mol. The number of benzene rings is 8. The van der Waals surface area contributed by atoms with Crippen LogP contribution in [0.25, 0.3) is 60.6 Å². The summed E-state index contributed by atoms with van der Waals surface area (Å²) in [6.45, 7) is 0. The van der Waals surface area contributed by atoms with E-state index >= 15 is 0 Å². The fourth-order valence-corrected chi connectivity index (χ4v) is 11.2. The molecule has 2 spiro atoms. The highest BCUT2D eigenvalue weighted by atomic mass is 15.1. The lowest BCUT2D eigenvalue weighted by atomic mass is 9.52. The highest BCUT2D eigenvalue weighted by Gasteiger charge is 2.58. The summed E-state index contributed by atoms with van der Waals surface area (Å²) in [5, 5.41) is 5.01. The van der Waals surface area contributed by atoms with E-state index < -0.39 is 10.8 Å². The van der Waals surface area contributed by atoms with Crippen molar-refractivity contribution in [3.63, 3.8) is 0 Å². The first-order valence-electron chi connectivity index (χ1n) is 19.2. The van der Waals surface area contributed by atoms with Gasteiger partial charge in [-0.15, -0.1) is 0 Å². The number of fused-ring (bicyclic) bond motifs is 21. The Hall–Kier alpha value is -7.03. The third kappa shape index (κ3) is 3.37. The normalized spacial score (nSPS) is 14.8. The highest BCUT2D eigenvalue weighted by molar-refractivity contribution is 6.22. The SMILES string of the molecule is c1ccc(-n2c3cc4c(cc3c3c5ccccc5ccc32)-c2ccccc2C42c3ccccc3C3(c4ccccc4-c4ccccc43)c3ccccc32)nc1. The van der Waals surface area contributed by atoms with Gasteiger partial charge in [-0.3, -0.25) is 4.57 Å². The van der Waals surface area contributed by atoms with Crippen LogP contribution in [-0.4, -0.2) is 9.55 Å². The van der Waals surface area contributed by atoms with Crippen LogP contribution in [0.5, 0.6) is 0 Å². The van der Waals surface area contributed by atoms with E-state index in [0.29, 0.717) is 0 Å². The summed E-state index contributed by atoms with van der Waals surface area (Å²) in [7, 11) is 0. The Morgan fingerprint density at radius 2 is 0.836 bits per heavy atom. The molecule has 2 heterocycles. The molecule has 0 radical (unpaired) electrons. The second-order valence-corrected chi connectivity index (χ2v) is 15.3. The Bertz CT molecular complexity index is 3180. The van der Waals surface area contributed by atoms with Crippen molar-refractivity contribution in [1.82, 2.24) is 9.55 Å². The van der Waals surface area contributed by atoms with Gasteiger partial charge in [0, 0.05) is 17.0 Å². The zero-order valence-corrected chi connectivity index (χ0v) is 29.9. The van der Waals surface area contributed by atoms with Gasteiger partial charge in [-0.05, 0) is 108 Å². The molecule has 0 saturated carbocycles. The first-order valence-corrected chi connectivity index (χ1v) is 19.2. The number of hydrogen-bond donors (Lipinski definition) is 0. The van der Waals surface area contributed by atoms with Gasteiger partial charge >= 0.3 is 0 Å². The molecule has 0 atom stereocenters. The molecule has 13 rings (SSSR count). The molecule has 0 saturated heterocycles. The van der Waals surface area contributed by atoms with Gasteiger partial charge in [0.05, 0.1) is 21.9 Å². The van der Waals surface area contributed by atoms with Crippen molar-refractivity contribution >= 4 is 32.6 Å². The van der Waals surface area contributed by atoms with E-state index in [0.717, 1.165) is 5.82 Å². The van der Waals surface area contributed by atoms with Gasteiger partial charge in [-0.1, -0.05) is 158 Å². The van der Waals surface area contributed by atoms with Crippen LogP contribution in [0.2, 0.25) is 0 Å². The van der Waals surface area contributed by atoms with E-state index in [-0.39, 0.29) is 0 Å². The molecule has 254 valence electrons. The van der Waals surface area contributed by atoms with Crippen molar-refractivity contribution in [3.05, 3.63) is 239 Å².